The number of nitrogen functional groups attached to an aromatic ring is 1. The fraction of sp³-hybridized carbons (Fsp3) is 0.636. The summed E-state index contributed by atoms with van der Waals surface area (Å²) in [6.45, 7) is 5.95. The number of amides is 1. The van der Waals surface area contributed by atoms with Gasteiger partial charge in [0.25, 0.3) is 0 Å². The Kier molecular flexibility index (Phi) is 4.82. The van der Waals surface area contributed by atoms with E-state index in [2.05, 4.69) is 12.0 Å². The van der Waals surface area contributed by atoms with Crippen LogP contribution in [0.2, 0.25) is 0 Å². The zero-order valence-electron chi connectivity index (χ0n) is 10.0. The van der Waals surface area contributed by atoms with Crippen molar-refractivity contribution in [2.24, 2.45) is 0 Å². The minimum Gasteiger partial charge on any atom is -0.382 e. The Hall–Kier alpha value is -1.52. The molecule has 5 heteroatoms. The van der Waals surface area contributed by atoms with E-state index in [0.717, 1.165) is 25.9 Å². The van der Waals surface area contributed by atoms with Gasteiger partial charge in [-0.15, -0.1) is 0 Å². The van der Waals surface area contributed by atoms with E-state index in [9.17, 15) is 4.79 Å². The second kappa shape index (κ2) is 6.15. The van der Waals surface area contributed by atoms with Gasteiger partial charge in [-0.25, -0.2) is 0 Å². The second-order valence-electron chi connectivity index (χ2n) is 3.77. The standard InChI is InChI=1S/C11H20N4O/c1-3-5-7-14(4-2)11(16)9-15-8-6-10(12)13-15/h6,8H,3-5,7,9H2,1-2H3,(H2,12,13). The van der Waals surface area contributed by atoms with Crippen LogP contribution >= 0.6 is 0 Å². The van der Waals surface area contributed by atoms with Crippen molar-refractivity contribution >= 4 is 11.7 Å². The molecule has 1 heterocycles. The summed E-state index contributed by atoms with van der Waals surface area (Å²) in [4.78, 5) is 13.7. The third-order valence-corrected chi connectivity index (χ3v) is 2.47. The third-order valence-electron chi connectivity index (χ3n) is 2.47. The van der Waals surface area contributed by atoms with E-state index in [4.69, 9.17) is 5.73 Å². The average molecular weight is 224 g/mol. The molecule has 0 bridgehead atoms. The zero-order chi connectivity index (χ0) is 12.0. The van der Waals surface area contributed by atoms with Gasteiger partial charge >= 0.3 is 0 Å². The monoisotopic (exact) mass is 224 g/mol. The molecule has 0 fully saturated rings. The van der Waals surface area contributed by atoms with Crippen LogP contribution in [-0.4, -0.2) is 33.7 Å². The highest BCUT2D eigenvalue weighted by molar-refractivity contribution is 5.75. The molecule has 1 aromatic heterocycles. The number of unbranched alkanes of at least 4 members (excludes halogenated alkanes) is 1. The average Bonchev–Trinajstić information content (AvgIpc) is 2.65. The molecule has 2 N–H and O–H groups in total. The number of rotatable bonds is 6. The minimum absolute atomic E-state index is 0.0963. The van der Waals surface area contributed by atoms with Crippen molar-refractivity contribution in [3.8, 4) is 0 Å². The molecule has 0 atom stereocenters. The van der Waals surface area contributed by atoms with Crippen molar-refractivity contribution < 1.29 is 4.79 Å². The molecule has 1 aromatic rings. The van der Waals surface area contributed by atoms with Crippen molar-refractivity contribution in [1.29, 1.82) is 0 Å². The van der Waals surface area contributed by atoms with Crippen LogP contribution in [0.25, 0.3) is 0 Å². The van der Waals surface area contributed by atoms with Gasteiger partial charge in [0, 0.05) is 19.3 Å². The topological polar surface area (TPSA) is 64.2 Å². The first-order chi connectivity index (χ1) is 7.67. The molecule has 0 aliphatic rings. The second-order valence-corrected chi connectivity index (χ2v) is 3.77. The smallest absolute Gasteiger partial charge is 0.244 e. The summed E-state index contributed by atoms with van der Waals surface area (Å²) in [6.07, 6.45) is 3.86. The Bertz CT molecular complexity index is 334. The maximum absolute atomic E-state index is 11.9. The van der Waals surface area contributed by atoms with Gasteiger partial charge in [-0.1, -0.05) is 13.3 Å². The van der Waals surface area contributed by atoms with Gasteiger partial charge in [-0.3, -0.25) is 9.48 Å². The van der Waals surface area contributed by atoms with Gasteiger partial charge in [0.1, 0.15) is 12.4 Å². The van der Waals surface area contributed by atoms with Gasteiger partial charge in [-0.2, -0.15) is 5.10 Å². The molecule has 0 aromatic carbocycles. The number of hydrogen-bond acceptors (Lipinski definition) is 3. The fourth-order valence-corrected chi connectivity index (χ4v) is 1.51. The predicted molar refractivity (Wildman–Crippen MR) is 63.8 cm³/mol. The van der Waals surface area contributed by atoms with Crippen LogP contribution in [0, 0.1) is 0 Å². The highest BCUT2D eigenvalue weighted by atomic mass is 16.2. The Morgan fingerprint density at radius 1 is 1.56 bits per heavy atom. The lowest BCUT2D eigenvalue weighted by Crippen LogP contribution is -2.34. The molecular formula is C11H20N4O. The largest absolute Gasteiger partial charge is 0.382 e. The third kappa shape index (κ3) is 3.56. The molecule has 0 aliphatic carbocycles. The van der Waals surface area contributed by atoms with Crippen LogP contribution in [0.5, 0.6) is 0 Å². The van der Waals surface area contributed by atoms with E-state index < -0.39 is 0 Å². The summed E-state index contributed by atoms with van der Waals surface area (Å²) in [6, 6.07) is 1.69. The van der Waals surface area contributed by atoms with Crippen LogP contribution < -0.4 is 5.73 Å². The van der Waals surface area contributed by atoms with E-state index in [-0.39, 0.29) is 12.5 Å². The van der Waals surface area contributed by atoms with Crippen LogP contribution in [0.15, 0.2) is 12.3 Å². The van der Waals surface area contributed by atoms with Gasteiger partial charge in [-0.05, 0) is 19.4 Å². The van der Waals surface area contributed by atoms with Crippen molar-refractivity contribution in [3.63, 3.8) is 0 Å². The quantitative estimate of drug-likeness (QED) is 0.787. The van der Waals surface area contributed by atoms with E-state index in [1.165, 1.54) is 0 Å². The maximum atomic E-state index is 11.9. The van der Waals surface area contributed by atoms with Crippen LogP contribution in [0.1, 0.15) is 26.7 Å². The SMILES string of the molecule is CCCCN(CC)C(=O)Cn1ccc(N)n1. The summed E-state index contributed by atoms with van der Waals surface area (Å²) in [5, 5.41) is 3.99. The molecule has 0 radical (unpaired) electrons. The Labute approximate surface area is 96.2 Å². The number of nitrogens with zero attached hydrogens (tertiary/aromatic N) is 3. The number of anilines is 1. The van der Waals surface area contributed by atoms with Gasteiger partial charge < -0.3 is 10.6 Å². The number of aromatic nitrogens is 2. The molecule has 5 nitrogen and oxygen atoms in total. The first-order valence-electron chi connectivity index (χ1n) is 5.74. The van der Waals surface area contributed by atoms with E-state index in [0.29, 0.717) is 5.82 Å². The maximum Gasteiger partial charge on any atom is 0.244 e. The number of hydrogen-bond donors (Lipinski definition) is 1. The highest BCUT2D eigenvalue weighted by Crippen LogP contribution is 2.00. The number of carbonyl (C=O) groups is 1. The van der Waals surface area contributed by atoms with Crippen molar-refractivity contribution in [1.82, 2.24) is 14.7 Å². The first kappa shape index (κ1) is 12.5. The molecule has 1 amide bonds. The number of likely N-dealkylation sites (N-methyl/N-ethyl adjacent to an activating group) is 1. The lowest BCUT2D eigenvalue weighted by molar-refractivity contribution is -0.131. The summed E-state index contributed by atoms with van der Waals surface area (Å²) in [5.74, 6) is 0.545. The molecule has 0 spiro atoms. The first-order valence-corrected chi connectivity index (χ1v) is 5.74. The molecule has 90 valence electrons. The molecular weight excluding hydrogens is 204 g/mol. The predicted octanol–water partition coefficient (Wildman–Crippen LogP) is 1.11. The molecule has 16 heavy (non-hydrogen) atoms. The van der Waals surface area contributed by atoms with Gasteiger partial charge in [0.2, 0.25) is 5.91 Å². The summed E-state index contributed by atoms with van der Waals surface area (Å²) < 4.78 is 1.58. The van der Waals surface area contributed by atoms with Crippen LogP contribution in [0.3, 0.4) is 0 Å². The molecule has 0 unspecified atom stereocenters. The molecule has 0 saturated carbocycles. The molecule has 0 aliphatic heterocycles. The fourth-order valence-electron chi connectivity index (χ4n) is 1.51. The number of nitrogens with two attached hydrogens (primary N) is 1. The Balaban J connectivity index is 2.49. The van der Waals surface area contributed by atoms with E-state index in [1.54, 1.807) is 16.9 Å². The van der Waals surface area contributed by atoms with Crippen molar-refractivity contribution in [3.05, 3.63) is 12.3 Å². The van der Waals surface area contributed by atoms with Crippen molar-refractivity contribution in [2.75, 3.05) is 18.8 Å². The van der Waals surface area contributed by atoms with Crippen LogP contribution in [0.4, 0.5) is 5.82 Å². The summed E-state index contributed by atoms with van der Waals surface area (Å²) >= 11 is 0. The Morgan fingerprint density at radius 2 is 2.31 bits per heavy atom. The molecule has 1 rings (SSSR count). The summed E-state index contributed by atoms with van der Waals surface area (Å²) in [7, 11) is 0. The number of carbonyl (C=O) groups excluding carboxylic acids is 1. The van der Waals surface area contributed by atoms with Crippen LogP contribution in [-0.2, 0) is 11.3 Å². The van der Waals surface area contributed by atoms with E-state index >= 15 is 0 Å². The molecule has 0 saturated heterocycles. The highest BCUT2D eigenvalue weighted by Gasteiger charge is 2.11. The van der Waals surface area contributed by atoms with E-state index in [1.807, 2.05) is 11.8 Å². The summed E-state index contributed by atoms with van der Waals surface area (Å²) in [5.41, 5.74) is 5.49. The Morgan fingerprint density at radius 3 is 2.81 bits per heavy atom. The lowest BCUT2D eigenvalue weighted by Gasteiger charge is -2.20. The van der Waals surface area contributed by atoms with Gasteiger partial charge in [0.15, 0.2) is 0 Å². The lowest BCUT2D eigenvalue weighted by atomic mass is 10.3. The van der Waals surface area contributed by atoms with Crippen molar-refractivity contribution in [2.45, 2.75) is 33.2 Å². The normalized spacial score (nSPS) is 10.4. The van der Waals surface area contributed by atoms with Gasteiger partial charge in [0.05, 0.1) is 0 Å². The minimum atomic E-state index is 0.0963. The zero-order valence-corrected chi connectivity index (χ0v) is 10.0.